The smallest absolute Gasteiger partial charge is 0.137 e. The van der Waals surface area contributed by atoms with Gasteiger partial charge in [0.2, 0.25) is 0 Å². The predicted octanol–water partition coefficient (Wildman–Crippen LogP) is 2.92. The molecule has 0 aliphatic heterocycles. The van der Waals surface area contributed by atoms with E-state index >= 15 is 0 Å². The fraction of sp³-hybridized carbons (Fsp3) is 0.333. The van der Waals surface area contributed by atoms with E-state index in [-0.39, 0.29) is 11.9 Å². The van der Waals surface area contributed by atoms with Crippen molar-refractivity contribution in [1.29, 1.82) is 0 Å². The summed E-state index contributed by atoms with van der Waals surface area (Å²) in [5.41, 5.74) is 7.52. The molecule has 1 unspecified atom stereocenters. The minimum atomic E-state index is -0.257. The van der Waals surface area contributed by atoms with Crippen LogP contribution in [-0.2, 0) is 0 Å². The van der Waals surface area contributed by atoms with E-state index in [9.17, 15) is 4.39 Å². The SMILES string of the molecule is Cc1cc(Br)c(F)cc1C(C)N. The Hall–Kier alpha value is -0.410. The average Bonchev–Trinajstić information content (AvgIpc) is 1.96. The van der Waals surface area contributed by atoms with Crippen molar-refractivity contribution in [3.63, 3.8) is 0 Å². The molecule has 66 valence electrons. The summed E-state index contributed by atoms with van der Waals surface area (Å²) in [4.78, 5) is 0. The minimum Gasteiger partial charge on any atom is -0.324 e. The molecule has 1 aromatic carbocycles. The fourth-order valence-electron chi connectivity index (χ4n) is 1.15. The summed E-state index contributed by atoms with van der Waals surface area (Å²) in [6, 6.07) is 3.10. The molecule has 1 rings (SSSR count). The highest BCUT2D eigenvalue weighted by atomic mass is 79.9. The lowest BCUT2D eigenvalue weighted by molar-refractivity contribution is 0.614. The van der Waals surface area contributed by atoms with E-state index in [1.54, 1.807) is 6.07 Å². The molecule has 3 heteroatoms. The van der Waals surface area contributed by atoms with Gasteiger partial charge < -0.3 is 5.73 Å². The molecule has 1 atom stereocenters. The zero-order chi connectivity index (χ0) is 9.30. The first-order valence-corrected chi connectivity index (χ1v) is 4.53. The van der Waals surface area contributed by atoms with Crippen LogP contribution in [0.5, 0.6) is 0 Å². The molecule has 1 nitrogen and oxygen atoms in total. The van der Waals surface area contributed by atoms with Crippen LogP contribution in [0, 0.1) is 12.7 Å². The van der Waals surface area contributed by atoms with E-state index < -0.39 is 0 Å². The first-order chi connectivity index (χ1) is 5.52. The van der Waals surface area contributed by atoms with Gasteiger partial charge in [-0.1, -0.05) is 0 Å². The van der Waals surface area contributed by atoms with Gasteiger partial charge in [-0.2, -0.15) is 0 Å². The molecule has 0 aromatic heterocycles. The Labute approximate surface area is 79.9 Å². The number of rotatable bonds is 1. The van der Waals surface area contributed by atoms with Crippen LogP contribution in [-0.4, -0.2) is 0 Å². The van der Waals surface area contributed by atoms with Crippen LogP contribution in [0.15, 0.2) is 16.6 Å². The number of aryl methyl sites for hydroxylation is 1. The lowest BCUT2D eigenvalue weighted by Gasteiger charge is -2.10. The van der Waals surface area contributed by atoms with Gasteiger partial charge in [0.05, 0.1) is 4.47 Å². The fourth-order valence-corrected chi connectivity index (χ4v) is 1.61. The standard InChI is InChI=1S/C9H11BrFN/c1-5-3-8(10)9(11)4-7(5)6(2)12/h3-4,6H,12H2,1-2H3. The van der Waals surface area contributed by atoms with Gasteiger partial charge in [0.15, 0.2) is 0 Å². The third kappa shape index (κ3) is 1.84. The lowest BCUT2D eigenvalue weighted by Crippen LogP contribution is -2.07. The Bertz CT molecular complexity index is 297. The Kier molecular flexibility index (Phi) is 2.85. The van der Waals surface area contributed by atoms with Gasteiger partial charge >= 0.3 is 0 Å². The Morgan fingerprint density at radius 1 is 1.50 bits per heavy atom. The molecule has 0 amide bonds. The molecule has 2 N–H and O–H groups in total. The average molecular weight is 232 g/mol. The first kappa shape index (κ1) is 9.68. The van der Waals surface area contributed by atoms with E-state index in [1.807, 2.05) is 13.8 Å². The van der Waals surface area contributed by atoms with E-state index in [4.69, 9.17) is 5.73 Å². The lowest BCUT2D eigenvalue weighted by atomic mass is 10.0. The molecular weight excluding hydrogens is 221 g/mol. The quantitative estimate of drug-likeness (QED) is 0.791. The highest BCUT2D eigenvalue weighted by Crippen LogP contribution is 2.23. The number of hydrogen-bond acceptors (Lipinski definition) is 1. The summed E-state index contributed by atoms with van der Waals surface area (Å²) in [6.45, 7) is 3.76. The number of benzene rings is 1. The van der Waals surface area contributed by atoms with Crippen molar-refractivity contribution in [2.75, 3.05) is 0 Å². The van der Waals surface area contributed by atoms with Gasteiger partial charge in [-0.3, -0.25) is 0 Å². The molecule has 0 fully saturated rings. The first-order valence-electron chi connectivity index (χ1n) is 3.73. The van der Waals surface area contributed by atoms with Gasteiger partial charge in [-0.05, 0) is 53.0 Å². The molecule has 0 bridgehead atoms. The zero-order valence-corrected chi connectivity index (χ0v) is 8.65. The van der Waals surface area contributed by atoms with E-state index in [0.717, 1.165) is 11.1 Å². The summed E-state index contributed by atoms with van der Waals surface area (Å²) in [7, 11) is 0. The Morgan fingerprint density at radius 2 is 2.08 bits per heavy atom. The van der Waals surface area contributed by atoms with Crippen molar-refractivity contribution in [2.45, 2.75) is 19.9 Å². The van der Waals surface area contributed by atoms with Gasteiger partial charge in [0.1, 0.15) is 5.82 Å². The van der Waals surface area contributed by atoms with E-state index in [2.05, 4.69) is 15.9 Å². The summed E-state index contributed by atoms with van der Waals surface area (Å²) >= 11 is 3.11. The van der Waals surface area contributed by atoms with Crippen molar-refractivity contribution < 1.29 is 4.39 Å². The molecule has 0 aliphatic rings. The van der Waals surface area contributed by atoms with Crippen LogP contribution in [0.2, 0.25) is 0 Å². The summed E-state index contributed by atoms with van der Waals surface area (Å²) in [5, 5.41) is 0. The molecule has 0 spiro atoms. The van der Waals surface area contributed by atoms with Gasteiger partial charge in [-0.25, -0.2) is 4.39 Å². The van der Waals surface area contributed by atoms with Crippen molar-refractivity contribution in [2.24, 2.45) is 5.73 Å². The van der Waals surface area contributed by atoms with E-state index in [0.29, 0.717) is 4.47 Å². The summed E-state index contributed by atoms with van der Waals surface area (Å²) in [5.74, 6) is -0.257. The number of halogens is 2. The maximum absolute atomic E-state index is 13.0. The van der Waals surface area contributed by atoms with Crippen LogP contribution in [0.3, 0.4) is 0 Å². The molecule has 0 heterocycles. The molecule has 0 radical (unpaired) electrons. The molecule has 0 saturated carbocycles. The normalized spacial score (nSPS) is 13.1. The van der Waals surface area contributed by atoms with Crippen LogP contribution in [0.1, 0.15) is 24.1 Å². The van der Waals surface area contributed by atoms with Gasteiger partial charge in [0.25, 0.3) is 0 Å². The number of hydrogen-bond donors (Lipinski definition) is 1. The number of nitrogens with two attached hydrogens (primary N) is 1. The van der Waals surface area contributed by atoms with Gasteiger partial charge in [0, 0.05) is 6.04 Å². The Morgan fingerprint density at radius 3 is 2.58 bits per heavy atom. The minimum absolute atomic E-state index is 0.118. The van der Waals surface area contributed by atoms with E-state index in [1.165, 1.54) is 6.07 Å². The van der Waals surface area contributed by atoms with Gasteiger partial charge in [-0.15, -0.1) is 0 Å². The topological polar surface area (TPSA) is 26.0 Å². The van der Waals surface area contributed by atoms with Crippen molar-refractivity contribution in [3.05, 3.63) is 33.5 Å². The highest BCUT2D eigenvalue weighted by molar-refractivity contribution is 9.10. The second-order valence-electron chi connectivity index (χ2n) is 2.91. The third-order valence-corrected chi connectivity index (χ3v) is 2.41. The summed E-state index contributed by atoms with van der Waals surface area (Å²) < 4.78 is 13.5. The third-order valence-electron chi connectivity index (χ3n) is 1.80. The monoisotopic (exact) mass is 231 g/mol. The molecular formula is C9H11BrFN. The van der Waals surface area contributed by atoms with Crippen molar-refractivity contribution >= 4 is 15.9 Å². The van der Waals surface area contributed by atoms with Crippen LogP contribution in [0.25, 0.3) is 0 Å². The molecule has 0 aliphatic carbocycles. The second kappa shape index (κ2) is 3.54. The second-order valence-corrected chi connectivity index (χ2v) is 3.77. The highest BCUT2D eigenvalue weighted by Gasteiger charge is 2.07. The molecule has 12 heavy (non-hydrogen) atoms. The van der Waals surface area contributed by atoms with Crippen molar-refractivity contribution in [3.8, 4) is 0 Å². The zero-order valence-electron chi connectivity index (χ0n) is 7.07. The summed E-state index contributed by atoms with van der Waals surface area (Å²) in [6.07, 6.45) is 0. The molecule has 1 aromatic rings. The predicted molar refractivity (Wildman–Crippen MR) is 51.4 cm³/mol. The van der Waals surface area contributed by atoms with Crippen molar-refractivity contribution in [1.82, 2.24) is 0 Å². The van der Waals surface area contributed by atoms with Crippen LogP contribution in [0.4, 0.5) is 4.39 Å². The van der Waals surface area contributed by atoms with Crippen LogP contribution < -0.4 is 5.73 Å². The van der Waals surface area contributed by atoms with Crippen LogP contribution >= 0.6 is 15.9 Å². The largest absolute Gasteiger partial charge is 0.324 e. The molecule has 0 saturated heterocycles. The Balaban J connectivity index is 3.23. The maximum atomic E-state index is 13.0. The maximum Gasteiger partial charge on any atom is 0.137 e.